The number of aromatic nitrogens is 3. The van der Waals surface area contributed by atoms with Gasteiger partial charge < -0.3 is 5.43 Å². The van der Waals surface area contributed by atoms with Crippen molar-refractivity contribution in [2.45, 2.75) is 13.5 Å². The van der Waals surface area contributed by atoms with Gasteiger partial charge in [-0.05, 0) is 30.0 Å². The summed E-state index contributed by atoms with van der Waals surface area (Å²) in [6.07, 6.45) is 3.21. The molecule has 0 saturated carbocycles. The lowest BCUT2D eigenvalue weighted by Gasteiger charge is -2.06. The molecule has 0 atom stereocenters. The number of nitrogen functional groups attached to an aromatic ring is 1. The number of nitrogens with two attached hydrogens (primary N) is 1. The third kappa shape index (κ3) is 2.17. The highest BCUT2D eigenvalue weighted by atomic mass is 32.1. The molecular weight excluding hydrogens is 274 g/mol. The molecular formula is C13H13N5OS. The number of nitrogens with one attached hydrogen (secondary N) is 1. The predicted octanol–water partition coefficient (Wildman–Crippen LogP) is 1.50. The van der Waals surface area contributed by atoms with E-state index in [-0.39, 0.29) is 5.56 Å². The standard InChI is InChI=1S/C13H13N5OS/c1-8-6-20-12-11(8)16-7-18(13(12)19)5-10-4-9(17-14)2-3-15-10/h2-4,6-7H,5,14H2,1H3,(H,15,17). The van der Waals surface area contributed by atoms with Crippen LogP contribution in [0.1, 0.15) is 11.3 Å². The minimum absolute atomic E-state index is 0.0407. The van der Waals surface area contributed by atoms with Gasteiger partial charge in [-0.1, -0.05) is 0 Å². The maximum absolute atomic E-state index is 12.4. The first-order valence-electron chi connectivity index (χ1n) is 6.04. The van der Waals surface area contributed by atoms with Crippen molar-refractivity contribution in [3.8, 4) is 0 Å². The first kappa shape index (κ1) is 12.8. The summed E-state index contributed by atoms with van der Waals surface area (Å²) in [6, 6.07) is 3.56. The zero-order valence-electron chi connectivity index (χ0n) is 10.8. The van der Waals surface area contributed by atoms with Gasteiger partial charge in [-0.2, -0.15) is 0 Å². The number of aryl methyl sites for hydroxylation is 1. The topological polar surface area (TPSA) is 85.8 Å². The van der Waals surface area contributed by atoms with Crippen LogP contribution in [0.5, 0.6) is 0 Å². The van der Waals surface area contributed by atoms with Crippen molar-refractivity contribution in [3.05, 3.63) is 51.6 Å². The molecule has 3 aromatic rings. The molecule has 0 bridgehead atoms. The third-order valence-electron chi connectivity index (χ3n) is 3.04. The van der Waals surface area contributed by atoms with Crippen LogP contribution in [0.3, 0.4) is 0 Å². The molecule has 102 valence electrons. The first-order chi connectivity index (χ1) is 9.69. The van der Waals surface area contributed by atoms with Crippen LogP contribution >= 0.6 is 11.3 Å². The van der Waals surface area contributed by atoms with Crippen LogP contribution in [-0.4, -0.2) is 14.5 Å². The molecule has 0 fully saturated rings. The van der Waals surface area contributed by atoms with E-state index in [1.165, 1.54) is 11.3 Å². The highest BCUT2D eigenvalue weighted by molar-refractivity contribution is 7.17. The summed E-state index contributed by atoms with van der Waals surface area (Å²) in [5.74, 6) is 5.36. The summed E-state index contributed by atoms with van der Waals surface area (Å²) in [5.41, 5.74) is 5.83. The van der Waals surface area contributed by atoms with Gasteiger partial charge in [-0.15, -0.1) is 11.3 Å². The molecule has 20 heavy (non-hydrogen) atoms. The Labute approximate surface area is 118 Å². The number of fused-ring (bicyclic) bond motifs is 1. The number of rotatable bonds is 3. The van der Waals surface area contributed by atoms with Crippen molar-refractivity contribution in [1.29, 1.82) is 0 Å². The smallest absolute Gasteiger partial charge is 0.271 e. The van der Waals surface area contributed by atoms with Crippen LogP contribution in [0.15, 0.2) is 34.8 Å². The van der Waals surface area contributed by atoms with Crippen LogP contribution < -0.4 is 16.8 Å². The van der Waals surface area contributed by atoms with Crippen molar-refractivity contribution in [2.24, 2.45) is 5.84 Å². The van der Waals surface area contributed by atoms with Crippen LogP contribution in [0.4, 0.5) is 5.69 Å². The van der Waals surface area contributed by atoms with Gasteiger partial charge in [0.1, 0.15) is 4.70 Å². The number of nitrogens with zero attached hydrogens (tertiary/aromatic N) is 3. The largest absolute Gasteiger partial charge is 0.324 e. The first-order valence-corrected chi connectivity index (χ1v) is 6.92. The normalized spacial score (nSPS) is 10.9. The molecule has 6 nitrogen and oxygen atoms in total. The maximum Gasteiger partial charge on any atom is 0.271 e. The summed E-state index contributed by atoms with van der Waals surface area (Å²) >= 11 is 1.42. The van der Waals surface area contributed by atoms with Crippen molar-refractivity contribution in [2.75, 3.05) is 5.43 Å². The van der Waals surface area contributed by atoms with Crippen LogP contribution in [-0.2, 0) is 6.54 Å². The summed E-state index contributed by atoms with van der Waals surface area (Å²) in [7, 11) is 0. The molecule has 0 amide bonds. The summed E-state index contributed by atoms with van der Waals surface area (Å²) in [5, 5.41) is 1.95. The van der Waals surface area contributed by atoms with Crippen molar-refractivity contribution < 1.29 is 0 Å². The molecule has 3 aromatic heterocycles. The van der Waals surface area contributed by atoms with Gasteiger partial charge in [-0.25, -0.2) is 4.98 Å². The maximum atomic E-state index is 12.4. The van der Waals surface area contributed by atoms with E-state index in [2.05, 4.69) is 15.4 Å². The number of hydrogen-bond acceptors (Lipinski definition) is 6. The van der Waals surface area contributed by atoms with E-state index in [9.17, 15) is 4.79 Å². The Morgan fingerprint density at radius 3 is 3.10 bits per heavy atom. The fourth-order valence-electron chi connectivity index (χ4n) is 2.00. The average Bonchev–Trinajstić information content (AvgIpc) is 2.84. The van der Waals surface area contributed by atoms with Gasteiger partial charge in [0.05, 0.1) is 29.8 Å². The number of hydrogen-bond donors (Lipinski definition) is 2. The van der Waals surface area contributed by atoms with Gasteiger partial charge >= 0.3 is 0 Å². The Hall–Kier alpha value is -2.25. The molecule has 3 N–H and O–H groups in total. The average molecular weight is 287 g/mol. The second kappa shape index (κ2) is 5.03. The predicted molar refractivity (Wildman–Crippen MR) is 79.8 cm³/mol. The SMILES string of the molecule is Cc1csc2c(=O)n(Cc3cc(NN)ccn3)cnc12. The van der Waals surface area contributed by atoms with Gasteiger partial charge in [0.2, 0.25) is 0 Å². The molecule has 0 aliphatic heterocycles. The highest BCUT2D eigenvalue weighted by Gasteiger charge is 2.09. The lowest BCUT2D eigenvalue weighted by molar-refractivity contribution is 0.731. The minimum atomic E-state index is -0.0407. The van der Waals surface area contributed by atoms with E-state index in [0.717, 1.165) is 22.5 Å². The number of hydrazine groups is 1. The monoisotopic (exact) mass is 287 g/mol. The summed E-state index contributed by atoms with van der Waals surface area (Å²) in [4.78, 5) is 20.9. The van der Waals surface area contributed by atoms with Crippen LogP contribution in [0.2, 0.25) is 0 Å². The lowest BCUT2D eigenvalue weighted by Crippen LogP contribution is -2.21. The molecule has 0 aromatic carbocycles. The van der Waals surface area contributed by atoms with E-state index >= 15 is 0 Å². The van der Waals surface area contributed by atoms with E-state index < -0.39 is 0 Å². The Balaban J connectivity index is 2.02. The molecule has 0 aliphatic rings. The van der Waals surface area contributed by atoms with Gasteiger partial charge in [0.25, 0.3) is 5.56 Å². The summed E-state index contributed by atoms with van der Waals surface area (Å²) in [6.45, 7) is 2.32. The summed E-state index contributed by atoms with van der Waals surface area (Å²) < 4.78 is 2.24. The van der Waals surface area contributed by atoms with Crippen molar-refractivity contribution in [1.82, 2.24) is 14.5 Å². The quantitative estimate of drug-likeness (QED) is 0.563. The number of anilines is 1. The molecule has 7 heteroatoms. The third-order valence-corrected chi connectivity index (χ3v) is 4.11. The van der Waals surface area contributed by atoms with Gasteiger partial charge in [0, 0.05) is 6.20 Å². The van der Waals surface area contributed by atoms with Crippen LogP contribution in [0.25, 0.3) is 10.2 Å². The zero-order chi connectivity index (χ0) is 14.1. The lowest BCUT2D eigenvalue weighted by atomic mass is 10.3. The van der Waals surface area contributed by atoms with E-state index in [1.54, 1.807) is 29.2 Å². The van der Waals surface area contributed by atoms with E-state index in [4.69, 9.17) is 5.84 Å². The minimum Gasteiger partial charge on any atom is -0.324 e. The van der Waals surface area contributed by atoms with Crippen LogP contribution in [0, 0.1) is 6.92 Å². The molecule has 0 unspecified atom stereocenters. The van der Waals surface area contributed by atoms with E-state index in [1.807, 2.05) is 12.3 Å². The molecule has 0 saturated heterocycles. The Bertz CT molecular complexity index is 823. The van der Waals surface area contributed by atoms with E-state index in [0.29, 0.717) is 11.2 Å². The van der Waals surface area contributed by atoms with Crippen molar-refractivity contribution in [3.63, 3.8) is 0 Å². The Kier molecular flexibility index (Phi) is 3.21. The Morgan fingerprint density at radius 1 is 1.45 bits per heavy atom. The second-order valence-corrected chi connectivity index (χ2v) is 5.33. The Morgan fingerprint density at radius 2 is 2.30 bits per heavy atom. The molecule has 3 rings (SSSR count). The second-order valence-electron chi connectivity index (χ2n) is 4.45. The van der Waals surface area contributed by atoms with Crippen molar-refractivity contribution >= 4 is 27.2 Å². The molecule has 3 heterocycles. The van der Waals surface area contributed by atoms with Gasteiger partial charge in [0.15, 0.2) is 0 Å². The molecule has 0 aliphatic carbocycles. The number of thiophene rings is 1. The van der Waals surface area contributed by atoms with Gasteiger partial charge in [-0.3, -0.25) is 20.2 Å². The molecule has 0 radical (unpaired) electrons. The number of pyridine rings is 1. The molecule has 0 spiro atoms. The zero-order valence-corrected chi connectivity index (χ0v) is 11.6. The fraction of sp³-hybridized carbons (Fsp3) is 0.154. The fourth-order valence-corrected chi connectivity index (χ4v) is 2.95. The highest BCUT2D eigenvalue weighted by Crippen LogP contribution is 2.19.